The SMILES string of the molecule is Cc1ccc(C(C)C)c(OCC(=O)N2CCN(CCc3ccccn3)CC2)c1.Cl. The number of carbonyl (C=O) groups is 1. The molecule has 1 fully saturated rings. The molecular weight excluding hydrogens is 386 g/mol. The highest BCUT2D eigenvalue weighted by Gasteiger charge is 2.21. The fourth-order valence-corrected chi connectivity index (χ4v) is 3.51. The first-order valence-corrected chi connectivity index (χ1v) is 10.2. The van der Waals surface area contributed by atoms with Crippen molar-refractivity contribution in [1.82, 2.24) is 14.8 Å². The van der Waals surface area contributed by atoms with Gasteiger partial charge in [-0.05, 0) is 42.2 Å². The number of carbonyl (C=O) groups excluding carboxylic acids is 1. The first-order chi connectivity index (χ1) is 13.5. The number of pyridine rings is 1. The van der Waals surface area contributed by atoms with Gasteiger partial charge in [0.05, 0.1) is 0 Å². The lowest BCUT2D eigenvalue weighted by Crippen LogP contribution is -2.50. The molecule has 1 aliphatic rings. The lowest BCUT2D eigenvalue weighted by molar-refractivity contribution is -0.135. The van der Waals surface area contributed by atoms with E-state index in [1.807, 2.05) is 36.2 Å². The average molecular weight is 418 g/mol. The molecule has 3 rings (SSSR count). The van der Waals surface area contributed by atoms with Gasteiger partial charge in [-0.15, -0.1) is 12.4 Å². The highest BCUT2D eigenvalue weighted by molar-refractivity contribution is 5.85. The van der Waals surface area contributed by atoms with Gasteiger partial charge in [-0.25, -0.2) is 0 Å². The second kappa shape index (κ2) is 11.2. The third kappa shape index (κ3) is 6.72. The van der Waals surface area contributed by atoms with Crippen molar-refractivity contribution < 1.29 is 9.53 Å². The maximum absolute atomic E-state index is 12.6. The van der Waals surface area contributed by atoms with E-state index in [9.17, 15) is 4.79 Å². The number of benzene rings is 1. The highest BCUT2D eigenvalue weighted by atomic mass is 35.5. The molecule has 0 atom stereocenters. The van der Waals surface area contributed by atoms with Gasteiger partial charge in [0.2, 0.25) is 0 Å². The van der Waals surface area contributed by atoms with Gasteiger partial charge in [0, 0.05) is 51.0 Å². The Morgan fingerprint density at radius 2 is 1.90 bits per heavy atom. The molecule has 29 heavy (non-hydrogen) atoms. The summed E-state index contributed by atoms with van der Waals surface area (Å²) in [5.74, 6) is 1.27. The van der Waals surface area contributed by atoms with E-state index in [1.54, 1.807) is 0 Å². The van der Waals surface area contributed by atoms with Crippen molar-refractivity contribution in [2.24, 2.45) is 0 Å². The zero-order valence-corrected chi connectivity index (χ0v) is 18.5. The molecule has 2 aromatic rings. The number of piperazine rings is 1. The number of amides is 1. The Morgan fingerprint density at radius 1 is 1.14 bits per heavy atom. The van der Waals surface area contributed by atoms with Crippen molar-refractivity contribution in [2.75, 3.05) is 39.3 Å². The predicted octanol–water partition coefficient (Wildman–Crippen LogP) is 3.70. The number of aromatic nitrogens is 1. The van der Waals surface area contributed by atoms with E-state index < -0.39 is 0 Å². The van der Waals surface area contributed by atoms with Crippen LogP contribution in [-0.2, 0) is 11.2 Å². The van der Waals surface area contributed by atoms with Crippen LogP contribution in [0.3, 0.4) is 0 Å². The van der Waals surface area contributed by atoms with Crippen LogP contribution in [0.2, 0.25) is 0 Å². The first-order valence-electron chi connectivity index (χ1n) is 10.2. The topological polar surface area (TPSA) is 45.7 Å². The minimum atomic E-state index is 0. The molecule has 0 unspecified atom stereocenters. The summed E-state index contributed by atoms with van der Waals surface area (Å²) in [6, 6.07) is 12.2. The average Bonchev–Trinajstić information content (AvgIpc) is 2.71. The van der Waals surface area contributed by atoms with Crippen LogP contribution in [0.15, 0.2) is 42.6 Å². The normalized spacial score (nSPS) is 14.6. The molecule has 1 saturated heterocycles. The Bertz CT molecular complexity index is 775. The molecule has 0 spiro atoms. The quantitative estimate of drug-likeness (QED) is 0.689. The van der Waals surface area contributed by atoms with Gasteiger partial charge in [-0.2, -0.15) is 0 Å². The summed E-state index contributed by atoms with van der Waals surface area (Å²) in [7, 11) is 0. The summed E-state index contributed by atoms with van der Waals surface area (Å²) in [5.41, 5.74) is 3.42. The summed E-state index contributed by atoms with van der Waals surface area (Å²) in [6.45, 7) is 10.7. The number of ether oxygens (including phenoxy) is 1. The maximum Gasteiger partial charge on any atom is 0.260 e. The number of aryl methyl sites for hydroxylation is 1. The van der Waals surface area contributed by atoms with Crippen LogP contribution >= 0.6 is 12.4 Å². The zero-order valence-electron chi connectivity index (χ0n) is 17.6. The fourth-order valence-electron chi connectivity index (χ4n) is 3.51. The van der Waals surface area contributed by atoms with E-state index in [1.165, 1.54) is 0 Å². The van der Waals surface area contributed by atoms with Crippen LogP contribution in [0.25, 0.3) is 0 Å². The summed E-state index contributed by atoms with van der Waals surface area (Å²) < 4.78 is 5.91. The molecule has 0 saturated carbocycles. The van der Waals surface area contributed by atoms with Crippen LogP contribution in [0.4, 0.5) is 0 Å². The van der Waals surface area contributed by atoms with Gasteiger partial charge >= 0.3 is 0 Å². The van der Waals surface area contributed by atoms with Crippen molar-refractivity contribution in [3.05, 3.63) is 59.4 Å². The Hall–Kier alpha value is -2.11. The molecule has 1 amide bonds. The minimum absolute atomic E-state index is 0. The van der Waals surface area contributed by atoms with Crippen LogP contribution in [0.1, 0.15) is 36.6 Å². The highest BCUT2D eigenvalue weighted by Crippen LogP contribution is 2.27. The Morgan fingerprint density at radius 3 is 2.55 bits per heavy atom. The van der Waals surface area contributed by atoms with E-state index in [2.05, 4.69) is 41.9 Å². The van der Waals surface area contributed by atoms with Gasteiger partial charge < -0.3 is 9.64 Å². The van der Waals surface area contributed by atoms with Gasteiger partial charge in [-0.1, -0.05) is 32.0 Å². The molecule has 6 heteroatoms. The largest absolute Gasteiger partial charge is 0.483 e. The molecular formula is C23H32ClN3O2. The van der Waals surface area contributed by atoms with Gasteiger partial charge in [0.1, 0.15) is 5.75 Å². The van der Waals surface area contributed by atoms with Crippen LogP contribution in [-0.4, -0.2) is 60.0 Å². The molecule has 158 valence electrons. The number of halogens is 1. The zero-order chi connectivity index (χ0) is 19.9. The Balaban J connectivity index is 0.00000300. The first kappa shape index (κ1) is 23.2. The lowest BCUT2D eigenvalue weighted by atomic mass is 10.0. The fraction of sp³-hybridized carbons (Fsp3) is 0.478. The Labute approximate surface area is 180 Å². The maximum atomic E-state index is 12.6. The monoisotopic (exact) mass is 417 g/mol. The summed E-state index contributed by atoms with van der Waals surface area (Å²) in [6.07, 6.45) is 2.79. The smallest absolute Gasteiger partial charge is 0.260 e. The molecule has 1 aromatic heterocycles. The Kier molecular flexibility index (Phi) is 8.93. The van der Waals surface area contributed by atoms with E-state index in [0.717, 1.165) is 61.7 Å². The van der Waals surface area contributed by atoms with E-state index in [0.29, 0.717) is 5.92 Å². The summed E-state index contributed by atoms with van der Waals surface area (Å²) >= 11 is 0. The van der Waals surface area contributed by atoms with Crippen molar-refractivity contribution in [2.45, 2.75) is 33.1 Å². The van der Waals surface area contributed by atoms with Crippen molar-refractivity contribution in [3.8, 4) is 5.75 Å². The standard InChI is InChI=1S/C23H31N3O2.ClH/c1-18(2)21-8-7-19(3)16-22(21)28-17-23(27)26-14-12-25(13-15-26)11-9-20-6-4-5-10-24-20;/h4-8,10,16,18H,9,11-15,17H2,1-3H3;1H. The summed E-state index contributed by atoms with van der Waals surface area (Å²) in [5, 5.41) is 0. The molecule has 0 bridgehead atoms. The van der Waals surface area contributed by atoms with Crippen molar-refractivity contribution in [1.29, 1.82) is 0 Å². The molecule has 0 aliphatic carbocycles. The molecule has 0 N–H and O–H groups in total. The van der Waals surface area contributed by atoms with Crippen molar-refractivity contribution >= 4 is 18.3 Å². The van der Waals surface area contributed by atoms with E-state index in [-0.39, 0.29) is 24.9 Å². The van der Waals surface area contributed by atoms with Crippen LogP contribution in [0.5, 0.6) is 5.75 Å². The van der Waals surface area contributed by atoms with Gasteiger partial charge in [0.25, 0.3) is 5.91 Å². The second-order valence-electron chi connectivity index (χ2n) is 7.78. The van der Waals surface area contributed by atoms with Gasteiger partial charge in [-0.3, -0.25) is 14.7 Å². The van der Waals surface area contributed by atoms with E-state index in [4.69, 9.17) is 4.74 Å². The number of nitrogens with zero attached hydrogens (tertiary/aromatic N) is 3. The molecule has 5 nitrogen and oxygen atoms in total. The third-order valence-corrected chi connectivity index (χ3v) is 5.28. The van der Waals surface area contributed by atoms with Crippen molar-refractivity contribution in [3.63, 3.8) is 0 Å². The van der Waals surface area contributed by atoms with Crippen LogP contribution < -0.4 is 4.74 Å². The third-order valence-electron chi connectivity index (χ3n) is 5.28. The minimum Gasteiger partial charge on any atom is -0.483 e. The number of hydrogen-bond donors (Lipinski definition) is 0. The number of rotatable bonds is 7. The van der Waals surface area contributed by atoms with E-state index >= 15 is 0 Å². The molecule has 0 radical (unpaired) electrons. The molecule has 2 heterocycles. The predicted molar refractivity (Wildman–Crippen MR) is 119 cm³/mol. The second-order valence-corrected chi connectivity index (χ2v) is 7.78. The molecule has 1 aromatic carbocycles. The summed E-state index contributed by atoms with van der Waals surface area (Å²) in [4.78, 5) is 21.3. The lowest BCUT2D eigenvalue weighted by Gasteiger charge is -2.34. The number of hydrogen-bond acceptors (Lipinski definition) is 4. The van der Waals surface area contributed by atoms with Crippen LogP contribution in [0, 0.1) is 6.92 Å². The molecule has 1 aliphatic heterocycles. The van der Waals surface area contributed by atoms with Gasteiger partial charge in [0.15, 0.2) is 6.61 Å².